The van der Waals surface area contributed by atoms with Gasteiger partial charge in [-0.3, -0.25) is 0 Å². The zero-order valence-electron chi connectivity index (χ0n) is 17.7. The Morgan fingerprint density at radius 1 is 0.885 bits per heavy atom. The van der Waals surface area contributed by atoms with Crippen molar-refractivity contribution < 1.29 is 81.3 Å². The number of rotatable bonds is 5. The van der Waals surface area contributed by atoms with Crippen molar-refractivity contribution in [1.82, 2.24) is 9.97 Å². The van der Waals surface area contributed by atoms with Crippen molar-refractivity contribution in [1.29, 1.82) is 0 Å². The molecule has 0 unspecified atom stereocenters. The Kier molecular flexibility index (Phi) is 9.03. The average molecular weight is 374 g/mol. The number of hydrogen-bond donors (Lipinski definition) is 2. The van der Waals surface area contributed by atoms with Crippen molar-refractivity contribution in [2.24, 2.45) is 0 Å². The summed E-state index contributed by atoms with van der Waals surface area (Å²) in [5.74, 6) is 1.84. The molecule has 0 bridgehead atoms. The number of ether oxygens (including phenoxy) is 3. The van der Waals surface area contributed by atoms with Crippen LogP contribution in [0.25, 0.3) is 22.5 Å². The van der Waals surface area contributed by atoms with E-state index in [9.17, 15) is 5.11 Å². The van der Waals surface area contributed by atoms with Gasteiger partial charge < -0.3 is 27.2 Å². The number of phenolic OH excluding ortho intramolecular Hbond substituents is 1. The molecule has 0 saturated carbocycles. The first-order valence-electron chi connectivity index (χ1n) is 7.30. The van der Waals surface area contributed by atoms with Crippen molar-refractivity contribution in [2.45, 2.75) is 0 Å². The number of hydrogen-bond acceptors (Lipinski definition) is 5. The van der Waals surface area contributed by atoms with E-state index in [0.29, 0.717) is 17.2 Å². The third-order valence-electron chi connectivity index (χ3n) is 3.73. The van der Waals surface area contributed by atoms with Crippen molar-refractivity contribution in [3.05, 3.63) is 42.7 Å². The van der Waals surface area contributed by atoms with Crippen LogP contribution in [0, 0.1) is 0 Å². The minimum atomic E-state index is 0. The van der Waals surface area contributed by atoms with E-state index in [1.54, 1.807) is 38.7 Å². The van der Waals surface area contributed by atoms with E-state index >= 15 is 0 Å². The molecule has 0 radical (unpaired) electrons. The third-order valence-corrected chi connectivity index (χ3v) is 3.73. The maximum Gasteiger partial charge on any atom is 1.00 e. The fourth-order valence-corrected chi connectivity index (χ4v) is 2.52. The molecule has 26 heavy (non-hydrogen) atoms. The molecular formula is C18H20N2Na2O4. The molecule has 3 rings (SSSR count). The number of imidazole rings is 1. The van der Waals surface area contributed by atoms with E-state index in [0.717, 1.165) is 22.5 Å². The van der Waals surface area contributed by atoms with Gasteiger partial charge in [-0.05, 0) is 30.3 Å². The molecule has 0 fully saturated rings. The summed E-state index contributed by atoms with van der Waals surface area (Å²) in [5, 5.41) is 10.0. The van der Waals surface area contributed by atoms with Crippen LogP contribution in [-0.4, -0.2) is 36.4 Å². The predicted molar refractivity (Wildman–Crippen MR) is 93.0 cm³/mol. The Morgan fingerprint density at radius 3 is 2.08 bits per heavy atom. The molecule has 1 aromatic heterocycles. The SMILES string of the molecule is COc1cc(OC)cc(-c2nc[nH]c2-c2ccc(OC)c(O)c2)c1.[H-].[H-].[Na+].[Na+]. The minimum absolute atomic E-state index is 0. The van der Waals surface area contributed by atoms with Gasteiger partial charge in [0.25, 0.3) is 0 Å². The monoisotopic (exact) mass is 374 g/mol. The maximum atomic E-state index is 10.0. The number of H-pyrrole nitrogens is 1. The zero-order chi connectivity index (χ0) is 17.1. The summed E-state index contributed by atoms with van der Waals surface area (Å²) in [6, 6.07) is 10.8. The molecule has 1 heterocycles. The van der Waals surface area contributed by atoms with E-state index in [1.807, 2.05) is 18.2 Å². The quantitative estimate of drug-likeness (QED) is 0.492. The Hall–Kier alpha value is -1.15. The number of nitrogens with one attached hydrogen (secondary N) is 1. The molecule has 0 atom stereocenters. The molecule has 3 aromatic rings. The van der Waals surface area contributed by atoms with Crippen LogP contribution in [0.1, 0.15) is 2.85 Å². The van der Waals surface area contributed by atoms with Gasteiger partial charge in [0.1, 0.15) is 11.5 Å². The van der Waals surface area contributed by atoms with Gasteiger partial charge in [-0.1, -0.05) is 0 Å². The normalized spacial score (nSPS) is 9.65. The van der Waals surface area contributed by atoms with Gasteiger partial charge in [0.15, 0.2) is 11.5 Å². The first-order valence-corrected chi connectivity index (χ1v) is 7.30. The van der Waals surface area contributed by atoms with Crippen LogP contribution in [-0.2, 0) is 0 Å². The van der Waals surface area contributed by atoms with Crippen LogP contribution in [0.4, 0.5) is 0 Å². The summed E-state index contributed by atoms with van der Waals surface area (Å²) in [7, 11) is 4.72. The van der Waals surface area contributed by atoms with E-state index in [-0.39, 0.29) is 67.7 Å². The standard InChI is InChI=1S/C18H18N2O4.2Na.2H/c1-22-13-6-12(7-14(9-13)23-2)18-17(19-10-20-18)11-4-5-16(24-3)15(21)8-11;;;;/h4-10,21H,1-3H3,(H,19,20);;;;/q;2*+1;2*-1. The van der Waals surface area contributed by atoms with Crippen molar-refractivity contribution in [3.63, 3.8) is 0 Å². The summed E-state index contributed by atoms with van der Waals surface area (Å²) < 4.78 is 15.7. The van der Waals surface area contributed by atoms with E-state index in [1.165, 1.54) is 7.11 Å². The number of methoxy groups -OCH3 is 3. The van der Waals surface area contributed by atoms with E-state index in [2.05, 4.69) is 9.97 Å². The van der Waals surface area contributed by atoms with Crippen LogP contribution >= 0.6 is 0 Å². The fraction of sp³-hybridized carbons (Fsp3) is 0.167. The zero-order valence-corrected chi connectivity index (χ0v) is 19.7. The van der Waals surface area contributed by atoms with Gasteiger partial charge >= 0.3 is 59.1 Å². The molecule has 2 aromatic carbocycles. The molecule has 0 spiro atoms. The smallest absolute Gasteiger partial charge is 1.00 e. The Balaban J connectivity index is 0. The van der Waals surface area contributed by atoms with Gasteiger partial charge in [0, 0.05) is 17.2 Å². The second-order valence-corrected chi connectivity index (χ2v) is 5.11. The minimum Gasteiger partial charge on any atom is -1.00 e. The molecule has 0 aliphatic heterocycles. The van der Waals surface area contributed by atoms with Gasteiger partial charge in [-0.25, -0.2) is 4.98 Å². The number of aromatic amines is 1. The average Bonchev–Trinajstić information content (AvgIpc) is 3.10. The number of benzene rings is 2. The van der Waals surface area contributed by atoms with Crippen molar-refractivity contribution in [2.75, 3.05) is 21.3 Å². The van der Waals surface area contributed by atoms with Gasteiger partial charge in [-0.15, -0.1) is 0 Å². The molecule has 6 nitrogen and oxygen atoms in total. The van der Waals surface area contributed by atoms with Gasteiger partial charge in [0.05, 0.1) is 39.0 Å². The largest absolute Gasteiger partial charge is 1.00 e. The summed E-state index contributed by atoms with van der Waals surface area (Å²) in [4.78, 5) is 7.52. The van der Waals surface area contributed by atoms with Crippen molar-refractivity contribution >= 4 is 0 Å². The molecule has 0 aliphatic carbocycles. The number of aromatic nitrogens is 2. The van der Waals surface area contributed by atoms with Crippen LogP contribution in [0.15, 0.2) is 42.7 Å². The van der Waals surface area contributed by atoms with Gasteiger partial charge in [-0.2, -0.15) is 0 Å². The van der Waals surface area contributed by atoms with Crippen LogP contribution in [0.2, 0.25) is 0 Å². The van der Waals surface area contributed by atoms with Crippen LogP contribution in [0.3, 0.4) is 0 Å². The number of phenols is 1. The molecular weight excluding hydrogens is 354 g/mol. The molecule has 8 heteroatoms. The summed E-state index contributed by atoms with van der Waals surface area (Å²) >= 11 is 0. The number of aromatic hydroxyl groups is 1. The van der Waals surface area contributed by atoms with Crippen LogP contribution < -0.4 is 73.3 Å². The first-order chi connectivity index (χ1) is 11.7. The maximum absolute atomic E-state index is 10.0. The first kappa shape index (κ1) is 22.9. The molecule has 0 aliphatic rings. The summed E-state index contributed by atoms with van der Waals surface area (Å²) in [5.41, 5.74) is 3.15. The van der Waals surface area contributed by atoms with Crippen molar-refractivity contribution in [3.8, 4) is 45.5 Å². The summed E-state index contributed by atoms with van der Waals surface area (Å²) in [6.45, 7) is 0. The Bertz CT molecular complexity index is 856. The summed E-state index contributed by atoms with van der Waals surface area (Å²) in [6.07, 6.45) is 1.61. The fourth-order valence-electron chi connectivity index (χ4n) is 2.52. The van der Waals surface area contributed by atoms with Crippen LogP contribution in [0.5, 0.6) is 23.0 Å². The molecule has 0 saturated heterocycles. The van der Waals surface area contributed by atoms with E-state index in [4.69, 9.17) is 14.2 Å². The second kappa shape index (κ2) is 10.3. The Labute approximate surface area is 199 Å². The molecule has 2 N–H and O–H groups in total. The second-order valence-electron chi connectivity index (χ2n) is 5.11. The topological polar surface area (TPSA) is 76.6 Å². The molecule has 128 valence electrons. The third kappa shape index (κ3) is 4.76. The molecule has 0 amide bonds. The number of nitrogens with zero attached hydrogens (tertiary/aromatic N) is 1. The van der Waals surface area contributed by atoms with E-state index < -0.39 is 0 Å². The Morgan fingerprint density at radius 2 is 1.54 bits per heavy atom. The van der Waals surface area contributed by atoms with Gasteiger partial charge in [0.2, 0.25) is 0 Å². The predicted octanol–water partition coefficient (Wildman–Crippen LogP) is -2.29.